The van der Waals surface area contributed by atoms with Gasteiger partial charge in [0.15, 0.2) is 6.61 Å². The third-order valence-electron chi connectivity index (χ3n) is 4.64. The SMILES string of the molecule is Cc1cccc(CN(C(=O)COc2cccc(C)c2)[C@H](C)C(=O)NCC(C)C)c1. The standard InChI is InChI=1S/C24H32N2O3/c1-17(2)14-25-24(28)20(5)26(15-21-10-6-8-18(3)12-21)23(27)16-29-22-11-7-9-19(4)13-22/h6-13,17,20H,14-16H2,1-5H3,(H,25,28)/t20-/m1/s1. The molecule has 0 bridgehead atoms. The van der Waals surface area contributed by atoms with Gasteiger partial charge < -0.3 is 15.0 Å². The van der Waals surface area contributed by atoms with E-state index in [-0.39, 0.29) is 18.4 Å². The van der Waals surface area contributed by atoms with Gasteiger partial charge in [0.1, 0.15) is 11.8 Å². The van der Waals surface area contributed by atoms with Crippen LogP contribution in [-0.2, 0) is 16.1 Å². The fraction of sp³-hybridized carbons (Fsp3) is 0.417. The molecular weight excluding hydrogens is 364 g/mol. The lowest BCUT2D eigenvalue weighted by Crippen LogP contribution is -2.49. The second-order valence-corrected chi connectivity index (χ2v) is 7.93. The average molecular weight is 397 g/mol. The molecular formula is C24H32N2O3. The molecule has 2 aromatic rings. The summed E-state index contributed by atoms with van der Waals surface area (Å²) in [6.45, 7) is 10.6. The van der Waals surface area contributed by atoms with Gasteiger partial charge in [-0.05, 0) is 49.9 Å². The minimum Gasteiger partial charge on any atom is -0.484 e. The van der Waals surface area contributed by atoms with Gasteiger partial charge in [-0.1, -0.05) is 55.8 Å². The molecule has 0 aliphatic carbocycles. The predicted octanol–water partition coefficient (Wildman–Crippen LogP) is 3.87. The number of hydrogen-bond donors (Lipinski definition) is 1. The first-order valence-electron chi connectivity index (χ1n) is 10.1. The van der Waals surface area contributed by atoms with Crippen molar-refractivity contribution in [1.29, 1.82) is 0 Å². The van der Waals surface area contributed by atoms with Crippen LogP contribution in [0, 0.1) is 19.8 Å². The molecule has 0 saturated heterocycles. The molecule has 2 aromatic carbocycles. The number of hydrogen-bond acceptors (Lipinski definition) is 3. The van der Waals surface area contributed by atoms with Crippen molar-refractivity contribution in [2.45, 2.75) is 47.2 Å². The zero-order valence-electron chi connectivity index (χ0n) is 18.1. The fourth-order valence-electron chi connectivity index (χ4n) is 2.98. The van der Waals surface area contributed by atoms with Crippen molar-refractivity contribution in [3.05, 3.63) is 65.2 Å². The molecule has 1 atom stereocenters. The molecule has 0 radical (unpaired) electrons. The first-order chi connectivity index (χ1) is 13.8. The summed E-state index contributed by atoms with van der Waals surface area (Å²) >= 11 is 0. The second-order valence-electron chi connectivity index (χ2n) is 7.93. The summed E-state index contributed by atoms with van der Waals surface area (Å²) in [4.78, 5) is 27.2. The van der Waals surface area contributed by atoms with E-state index in [0.717, 1.165) is 16.7 Å². The Morgan fingerprint density at radius 1 is 1.00 bits per heavy atom. The zero-order chi connectivity index (χ0) is 21.4. The maximum absolute atomic E-state index is 13.0. The molecule has 0 saturated carbocycles. The van der Waals surface area contributed by atoms with Crippen LogP contribution in [0.3, 0.4) is 0 Å². The molecule has 0 aromatic heterocycles. The fourth-order valence-corrected chi connectivity index (χ4v) is 2.98. The summed E-state index contributed by atoms with van der Waals surface area (Å²) in [5, 5.41) is 2.92. The molecule has 156 valence electrons. The first kappa shape index (κ1) is 22.5. The number of carbonyl (C=O) groups is 2. The van der Waals surface area contributed by atoms with E-state index in [4.69, 9.17) is 4.74 Å². The smallest absolute Gasteiger partial charge is 0.261 e. The Balaban J connectivity index is 2.13. The molecule has 0 aliphatic rings. The van der Waals surface area contributed by atoms with E-state index in [1.165, 1.54) is 0 Å². The summed E-state index contributed by atoms with van der Waals surface area (Å²) in [5.41, 5.74) is 3.16. The molecule has 5 heteroatoms. The largest absolute Gasteiger partial charge is 0.484 e. The molecule has 2 amide bonds. The second kappa shape index (κ2) is 10.6. The van der Waals surface area contributed by atoms with E-state index in [1.807, 2.05) is 76.2 Å². The molecule has 0 aliphatic heterocycles. The highest BCUT2D eigenvalue weighted by Gasteiger charge is 2.26. The Hall–Kier alpha value is -2.82. The van der Waals surface area contributed by atoms with E-state index >= 15 is 0 Å². The topological polar surface area (TPSA) is 58.6 Å². The first-order valence-corrected chi connectivity index (χ1v) is 10.1. The van der Waals surface area contributed by atoms with Gasteiger partial charge in [-0.25, -0.2) is 0 Å². The molecule has 5 nitrogen and oxygen atoms in total. The quantitative estimate of drug-likeness (QED) is 0.700. The Morgan fingerprint density at radius 2 is 1.66 bits per heavy atom. The normalized spacial score (nSPS) is 11.8. The maximum atomic E-state index is 13.0. The predicted molar refractivity (Wildman–Crippen MR) is 116 cm³/mol. The minimum absolute atomic E-state index is 0.114. The van der Waals surface area contributed by atoms with E-state index in [1.54, 1.807) is 11.8 Å². The monoisotopic (exact) mass is 396 g/mol. The van der Waals surface area contributed by atoms with Gasteiger partial charge >= 0.3 is 0 Å². The van der Waals surface area contributed by atoms with Crippen LogP contribution in [0.4, 0.5) is 0 Å². The lowest BCUT2D eigenvalue weighted by Gasteiger charge is -2.29. The minimum atomic E-state index is -0.595. The van der Waals surface area contributed by atoms with Crippen LogP contribution in [0.1, 0.15) is 37.5 Å². The lowest BCUT2D eigenvalue weighted by molar-refractivity contribution is -0.142. The number of nitrogens with zero attached hydrogens (tertiary/aromatic N) is 1. The molecule has 1 N–H and O–H groups in total. The molecule has 0 fully saturated rings. The summed E-state index contributed by atoms with van der Waals surface area (Å²) in [6, 6.07) is 14.9. The van der Waals surface area contributed by atoms with Crippen LogP contribution in [0.5, 0.6) is 5.75 Å². The van der Waals surface area contributed by atoms with E-state index in [2.05, 4.69) is 5.32 Å². The summed E-state index contributed by atoms with van der Waals surface area (Å²) in [7, 11) is 0. The van der Waals surface area contributed by atoms with Crippen molar-refractivity contribution >= 4 is 11.8 Å². The number of amides is 2. The van der Waals surface area contributed by atoms with Crippen LogP contribution >= 0.6 is 0 Å². The van der Waals surface area contributed by atoms with Gasteiger partial charge in [0, 0.05) is 13.1 Å². The van der Waals surface area contributed by atoms with Crippen molar-refractivity contribution in [1.82, 2.24) is 10.2 Å². The third-order valence-corrected chi connectivity index (χ3v) is 4.64. The summed E-state index contributed by atoms with van der Waals surface area (Å²) < 4.78 is 5.70. The number of rotatable bonds is 9. The van der Waals surface area contributed by atoms with Crippen molar-refractivity contribution in [3.8, 4) is 5.75 Å². The molecule has 0 unspecified atom stereocenters. The number of nitrogens with one attached hydrogen (secondary N) is 1. The van der Waals surface area contributed by atoms with Crippen molar-refractivity contribution < 1.29 is 14.3 Å². The summed E-state index contributed by atoms with van der Waals surface area (Å²) in [6.07, 6.45) is 0. The Labute approximate surface area is 174 Å². The van der Waals surface area contributed by atoms with Crippen molar-refractivity contribution in [2.24, 2.45) is 5.92 Å². The van der Waals surface area contributed by atoms with Crippen LogP contribution in [0.2, 0.25) is 0 Å². The number of carbonyl (C=O) groups excluding carboxylic acids is 2. The third kappa shape index (κ3) is 7.26. The number of aryl methyl sites for hydroxylation is 2. The van der Waals surface area contributed by atoms with E-state index < -0.39 is 6.04 Å². The molecule has 2 rings (SSSR count). The molecule has 0 spiro atoms. The molecule has 29 heavy (non-hydrogen) atoms. The Bertz CT molecular complexity index is 832. The summed E-state index contributed by atoms with van der Waals surface area (Å²) in [5.74, 6) is 0.609. The van der Waals surface area contributed by atoms with Crippen LogP contribution in [0.25, 0.3) is 0 Å². The highest BCUT2D eigenvalue weighted by atomic mass is 16.5. The molecule has 0 heterocycles. The zero-order valence-corrected chi connectivity index (χ0v) is 18.1. The van der Waals surface area contributed by atoms with Gasteiger partial charge in [0.05, 0.1) is 0 Å². The highest BCUT2D eigenvalue weighted by Crippen LogP contribution is 2.15. The van der Waals surface area contributed by atoms with Crippen LogP contribution < -0.4 is 10.1 Å². The van der Waals surface area contributed by atoms with Gasteiger partial charge in [0.2, 0.25) is 5.91 Å². The number of ether oxygens (including phenoxy) is 1. The average Bonchev–Trinajstić information content (AvgIpc) is 2.68. The van der Waals surface area contributed by atoms with Gasteiger partial charge in [-0.3, -0.25) is 9.59 Å². The maximum Gasteiger partial charge on any atom is 0.261 e. The van der Waals surface area contributed by atoms with Gasteiger partial charge in [-0.2, -0.15) is 0 Å². The lowest BCUT2D eigenvalue weighted by atomic mass is 10.1. The van der Waals surface area contributed by atoms with Crippen LogP contribution in [-0.4, -0.2) is 35.9 Å². The van der Waals surface area contributed by atoms with Gasteiger partial charge in [-0.15, -0.1) is 0 Å². The number of benzene rings is 2. The van der Waals surface area contributed by atoms with E-state index in [9.17, 15) is 9.59 Å². The van der Waals surface area contributed by atoms with E-state index in [0.29, 0.717) is 24.8 Å². The van der Waals surface area contributed by atoms with Gasteiger partial charge in [0.25, 0.3) is 5.91 Å². The Morgan fingerprint density at radius 3 is 2.28 bits per heavy atom. The van der Waals surface area contributed by atoms with Crippen molar-refractivity contribution in [3.63, 3.8) is 0 Å². The van der Waals surface area contributed by atoms with Crippen LogP contribution in [0.15, 0.2) is 48.5 Å². The highest BCUT2D eigenvalue weighted by molar-refractivity contribution is 5.87. The Kier molecular flexibility index (Phi) is 8.25. The van der Waals surface area contributed by atoms with Crippen molar-refractivity contribution in [2.75, 3.05) is 13.2 Å².